The van der Waals surface area contributed by atoms with Gasteiger partial charge in [-0.2, -0.15) is 0 Å². The molecule has 0 aromatic heterocycles. The maximum absolute atomic E-state index is 11.2. The van der Waals surface area contributed by atoms with E-state index in [4.69, 9.17) is 28.3 Å². The lowest BCUT2D eigenvalue weighted by Crippen LogP contribution is -2.31. The van der Waals surface area contributed by atoms with Crippen molar-refractivity contribution < 1.29 is 9.90 Å². The normalized spacial score (nSPS) is 9.80. The fourth-order valence-electron chi connectivity index (χ4n) is 0.929. The summed E-state index contributed by atoms with van der Waals surface area (Å²) in [5.74, 6) is 0. The number of hydrogen-bond donors (Lipinski definition) is 3. The maximum atomic E-state index is 11.2. The van der Waals surface area contributed by atoms with Crippen LogP contribution in [0.25, 0.3) is 0 Å². The summed E-state index contributed by atoms with van der Waals surface area (Å²) in [5, 5.41) is 14.3. The number of nitrogens with one attached hydrogen (secondary N) is 2. The quantitative estimate of drug-likeness (QED) is 0.768. The number of carbonyl (C=O) groups excluding carboxylic acids is 1. The van der Waals surface area contributed by atoms with Crippen LogP contribution in [0.1, 0.15) is 0 Å². The third kappa shape index (κ3) is 3.95. The topological polar surface area (TPSA) is 61.4 Å². The van der Waals surface area contributed by atoms with Gasteiger partial charge in [-0.1, -0.05) is 23.2 Å². The van der Waals surface area contributed by atoms with Crippen molar-refractivity contribution >= 4 is 34.9 Å². The monoisotopic (exact) mass is 248 g/mol. The van der Waals surface area contributed by atoms with Gasteiger partial charge in [0.05, 0.1) is 17.3 Å². The molecule has 4 nitrogen and oxygen atoms in total. The standard InChI is InChI=1S/C9H10Cl2N2O2/c10-6-1-2-7(11)8(5-6)13-9(15)12-3-4-14/h1-2,5,14H,3-4H2,(H2,12,13,15). The van der Waals surface area contributed by atoms with Crippen LogP contribution in [-0.2, 0) is 0 Å². The molecule has 0 fully saturated rings. The highest BCUT2D eigenvalue weighted by Crippen LogP contribution is 2.25. The fraction of sp³-hybridized carbons (Fsp3) is 0.222. The van der Waals surface area contributed by atoms with E-state index in [2.05, 4.69) is 10.6 Å². The van der Waals surface area contributed by atoms with Gasteiger partial charge in [-0.05, 0) is 18.2 Å². The lowest BCUT2D eigenvalue weighted by atomic mass is 10.3. The number of halogens is 2. The average Bonchev–Trinajstić information content (AvgIpc) is 2.20. The van der Waals surface area contributed by atoms with Crippen LogP contribution in [0.5, 0.6) is 0 Å². The van der Waals surface area contributed by atoms with Crippen molar-refractivity contribution in [3.05, 3.63) is 28.2 Å². The molecule has 0 unspecified atom stereocenters. The summed E-state index contributed by atoms with van der Waals surface area (Å²) in [6.45, 7) is 0.0702. The molecule has 0 atom stereocenters. The molecule has 0 heterocycles. The van der Waals surface area contributed by atoms with Crippen molar-refractivity contribution in [2.75, 3.05) is 18.5 Å². The van der Waals surface area contributed by atoms with E-state index in [0.29, 0.717) is 15.7 Å². The third-order valence-corrected chi connectivity index (χ3v) is 2.14. The molecule has 0 aliphatic rings. The third-order valence-electron chi connectivity index (χ3n) is 1.57. The number of hydrogen-bond acceptors (Lipinski definition) is 2. The van der Waals surface area contributed by atoms with Crippen LogP contribution in [0.2, 0.25) is 10.0 Å². The Bertz CT molecular complexity index is 358. The molecule has 0 bridgehead atoms. The van der Waals surface area contributed by atoms with Gasteiger partial charge in [0.1, 0.15) is 0 Å². The summed E-state index contributed by atoms with van der Waals surface area (Å²) < 4.78 is 0. The molecular formula is C9H10Cl2N2O2. The van der Waals surface area contributed by atoms with Gasteiger partial charge in [0.25, 0.3) is 0 Å². The number of anilines is 1. The van der Waals surface area contributed by atoms with Crippen molar-refractivity contribution in [2.45, 2.75) is 0 Å². The maximum Gasteiger partial charge on any atom is 0.319 e. The molecule has 0 radical (unpaired) electrons. The van der Waals surface area contributed by atoms with Gasteiger partial charge in [-0.25, -0.2) is 4.79 Å². The fourth-order valence-corrected chi connectivity index (χ4v) is 1.27. The SMILES string of the molecule is O=C(NCCO)Nc1cc(Cl)ccc1Cl. The predicted octanol–water partition coefficient (Wildman–Crippen LogP) is 2.11. The zero-order valence-corrected chi connectivity index (χ0v) is 9.27. The van der Waals surface area contributed by atoms with E-state index in [1.54, 1.807) is 18.2 Å². The van der Waals surface area contributed by atoms with Crippen molar-refractivity contribution in [1.29, 1.82) is 0 Å². The second kappa shape index (κ2) is 5.80. The number of rotatable bonds is 3. The minimum atomic E-state index is -0.437. The summed E-state index contributed by atoms with van der Waals surface area (Å²) in [6, 6.07) is 4.32. The molecular weight excluding hydrogens is 239 g/mol. The molecule has 0 saturated carbocycles. The Morgan fingerprint density at radius 2 is 2.13 bits per heavy atom. The summed E-state index contributed by atoms with van der Waals surface area (Å²) in [5.41, 5.74) is 0.430. The van der Waals surface area contributed by atoms with Gasteiger partial charge < -0.3 is 15.7 Å². The summed E-state index contributed by atoms with van der Waals surface area (Å²) >= 11 is 11.6. The van der Waals surface area contributed by atoms with Crippen LogP contribution < -0.4 is 10.6 Å². The van der Waals surface area contributed by atoms with Crippen molar-refractivity contribution in [3.63, 3.8) is 0 Å². The van der Waals surface area contributed by atoms with Crippen LogP contribution in [0, 0.1) is 0 Å². The molecule has 1 rings (SSSR count). The van der Waals surface area contributed by atoms with Gasteiger partial charge in [-0.3, -0.25) is 0 Å². The van der Waals surface area contributed by atoms with Gasteiger partial charge in [0, 0.05) is 11.6 Å². The summed E-state index contributed by atoms with van der Waals surface area (Å²) in [7, 11) is 0. The largest absolute Gasteiger partial charge is 0.395 e. The van der Waals surface area contributed by atoms with E-state index in [-0.39, 0.29) is 13.2 Å². The van der Waals surface area contributed by atoms with Crippen LogP contribution in [0.4, 0.5) is 10.5 Å². The average molecular weight is 249 g/mol. The number of aliphatic hydroxyl groups is 1. The van der Waals surface area contributed by atoms with Crippen molar-refractivity contribution in [2.24, 2.45) is 0 Å². The molecule has 0 saturated heterocycles. The van der Waals surface area contributed by atoms with Gasteiger partial charge in [0.15, 0.2) is 0 Å². The molecule has 6 heteroatoms. The highest BCUT2D eigenvalue weighted by molar-refractivity contribution is 6.35. The van der Waals surface area contributed by atoms with Crippen LogP contribution in [0.15, 0.2) is 18.2 Å². The molecule has 1 aromatic carbocycles. The molecule has 82 valence electrons. The lowest BCUT2D eigenvalue weighted by molar-refractivity contribution is 0.245. The first-order valence-corrected chi connectivity index (χ1v) is 5.00. The minimum Gasteiger partial charge on any atom is -0.395 e. The molecule has 0 aliphatic carbocycles. The molecule has 0 aliphatic heterocycles. The van der Waals surface area contributed by atoms with Gasteiger partial charge >= 0.3 is 6.03 Å². The lowest BCUT2D eigenvalue weighted by Gasteiger charge is -2.08. The number of aliphatic hydroxyl groups excluding tert-OH is 1. The van der Waals surface area contributed by atoms with E-state index in [1.807, 2.05) is 0 Å². The predicted molar refractivity (Wildman–Crippen MR) is 60.6 cm³/mol. The number of benzene rings is 1. The van der Waals surface area contributed by atoms with Crippen LogP contribution in [0.3, 0.4) is 0 Å². The molecule has 3 N–H and O–H groups in total. The highest BCUT2D eigenvalue weighted by Gasteiger charge is 2.05. The highest BCUT2D eigenvalue weighted by atomic mass is 35.5. The smallest absolute Gasteiger partial charge is 0.319 e. The zero-order chi connectivity index (χ0) is 11.3. The number of urea groups is 1. The Hall–Kier alpha value is -0.970. The van der Waals surface area contributed by atoms with E-state index in [0.717, 1.165) is 0 Å². The summed E-state index contributed by atoms with van der Waals surface area (Å²) in [4.78, 5) is 11.2. The van der Waals surface area contributed by atoms with Crippen LogP contribution >= 0.6 is 23.2 Å². The first kappa shape index (κ1) is 12.1. The zero-order valence-electron chi connectivity index (χ0n) is 7.76. The van der Waals surface area contributed by atoms with Crippen molar-refractivity contribution in [1.82, 2.24) is 5.32 Å². The van der Waals surface area contributed by atoms with Gasteiger partial charge in [0.2, 0.25) is 0 Å². The Morgan fingerprint density at radius 1 is 1.40 bits per heavy atom. The first-order valence-electron chi connectivity index (χ1n) is 4.24. The Morgan fingerprint density at radius 3 is 2.80 bits per heavy atom. The van der Waals surface area contributed by atoms with E-state index >= 15 is 0 Å². The van der Waals surface area contributed by atoms with E-state index < -0.39 is 6.03 Å². The Kier molecular flexibility index (Phi) is 4.68. The van der Waals surface area contributed by atoms with Crippen LogP contribution in [-0.4, -0.2) is 24.3 Å². The second-order valence-corrected chi connectivity index (χ2v) is 3.57. The molecule has 0 spiro atoms. The summed E-state index contributed by atoms with van der Waals surface area (Å²) in [6.07, 6.45) is 0. The van der Waals surface area contributed by atoms with E-state index in [9.17, 15) is 4.79 Å². The Labute approximate surface area is 97.2 Å². The molecule has 2 amide bonds. The second-order valence-electron chi connectivity index (χ2n) is 2.73. The van der Waals surface area contributed by atoms with Crippen molar-refractivity contribution in [3.8, 4) is 0 Å². The first-order chi connectivity index (χ1) is 7.13. The molecule has 15 heavy (non-hydrogen) atoms. The van der Waals surface area contributed by atoms with E-state index in [1.165, 1.54) is 0 Å². The van der Waals surface area contributed by atoms with Gasteiger partial charge in [-0.15, -0.1) is 0 Å². The Balaban J connectivity index is 2.63. The number of carbonyl (C=O) groups is 1. The number of amides is 2. The molecule has 1 aromatic rings. The minimum absolute atomic E-state index is 0.114.